The van der Waals surface area contributed by atoms with Gasteiger partial charge in [0.1, 0.15) is 0 Å². The van der Waals surface area contributed by atoms with Crippen LogP contribution in [-0.2, 0) is 9.53 Å². The number of nitrogens with zero attached hydrogens (tertiary/aromatic N) is 1. The number of carbonyl (C=O) groups excluding carboxylic acids is 1. The molecule has 1 amide bonds. The molecule has 0 saturated heterocycles. The van der Waals surface area contributed by atoms with Crippen molar-refractivity contribution < 1.29 is 9.53 Å². The Bertz CT molecular complexity index is 612. The normalized spacial score (nSPS) is 13.3. The van der Waals surface area contributed by atoms with Gasteiger partial charge in [-0.25, -0.2) is 4.98 Å². The van der Waals surface area contributed by atoms with Gasteiger partial charge in [0.25, 0.3) is 0 Å². The Morgan fingerprint density at radius 2 is 2.18 bits per heavy atom. The number of para-hydroxylation sites is 1. The molecule has 0 saturated carbocycles. The van der Waals surface area contributed by atoms with Gasteiger partial charge in [0.15, 0.2) is 10.6 Å². The van der Waals surface area contributed by atoms with Gasteiger partial charge in [0, 0.05) is 12.7 Å². The van der Waals surface area contributed by atoms with Gasteiger partial charge in [0.05, 0.1) is 16.8 Å². The molecule has 1 heterocycles. The summed E-state index contributed by atoms with van der Waals surface area (Å²) in [5.74, 6) is 0.312. The first-order valence-corrected chi connectivity index (χ1v) is 9.23. The number of halogens is 3. The SMILES string of the molecule is CC(=O)N[C@@H](OCCSc1nc2ccccc2s1)C(Cl)(Cl)Cl. The predicted molar refractivity (Wildman–Crippen MR) is 94.2 cm³/mol. The number of nitrogens with one attached hydrogen (secondary N) is 1. The molecule has 0 spiro atoms. The lowest BCUT2D eigenvalue weighted by molar-refractivity contribution is -0.123. The van der Waals surface area contributed by atoms with Crippen molar-refractivity contribution in [3.63, 3.8) is 0 Å². The number of benzene rings is 1. The van der Waals surface area contributed by atoms with Gasteiger partial charge in [-0.05, 0) is 12.1 Å². The highest BCUT2D eigenvalue weighted by molar-refractivity contribution is 8.01. The minimum atomic E-state index is -1.72. The van der Waals surface area contributed by atoms with E-state index in [-0.39, 0.29) is 5.91 Å². The Hall–Kier alpha value is -0.240. The zero-order valence-corrected chi connectivity index (χ0v) is 15.4. The Morgan fingerprint density at radius 1 is 1.45 bits per heavy atom. The minimum Gasteiger partial charge on any atom is -0.353 e. The minimum absolute atomic E-state index is 0.319. The molecule has 9 heteroatoms. The van der Waals surface area contributed by atoms with Gasteiger partial charge in [-0.15, -0.1) is 11.3 Å². The van der Waals surface area contributed by atoms with Crippen LogP contribution < -0.4 is 5.32 Å². The molecule has 1 aromatic carbocycles. The molecule has 2 aromatic rings. The van der Waals surface area contributed by atoms with Crippen LogP contribution in [0.15, 0.2) is 28.6 Å². The van der Waals surface area contributed by atoms with E-state index in [1.807, 2.05) is 24.3 Å². The van der Waals surface area contributed by atoms with Gasteiger partial charge in [-0.3, -0.25) is 4.79 Å². The standard InChI is InChI=1S/C13H13Cl3N2O2S2/c1-8(19)17-11(13(14,15)16)20-6-7-21-12-18-9-4-2-3-5-10(9)22-12/h2-5,11H,6-7H2,1H3,(H,17,19)/t11-/m0/s1. The van der Waals surface area contributed by atoms with Crippen LogP contribution in [0.2, 0.25) is 0 Å². The molecule has 2 rings (SSSR count). The topological polar surface area (TPSA) is 51.2 Å². The third kappa shape index (κ3) is 5.44. The molecule has 1 aromatic heterocycles. The molecule has 0 radical (unpaired) electrons. The lowest BCUT2D eigenvalue weighted by atomic mass is 10.3. The number of carbonyl (C=O) groups is 1. The number of hydrogen-bond donors (Lipinski definition) is 1. The smallest absolute Gasteiger partial charge is 0.234 e. The zero-order chi connectivity index (χ0) is 16.2. The highest BCUT2D eigenvalue weighted by Gasteiger charge is 2.34. The maximum Gasteiger partial charge on any atom is 0.234 e. The highest BCUT2D eigenvalue weighted by atomic mass is 35.6. The maximum atomic E-state index is 11.1. The second-order valence-corrected chi connectivity index (χ2v) is 9.03. The summed E-state index contributed by atoms with van der Waals surface area (Å²) in [5, 5.41) is 2.46. The lowest BCUT2D eigenvalue weighted by Gasteiger charge is -2.24. The van der Waals surface area contributed by atoms with Crippen LogP contribution in [0.3, 0.4) is 0 Å². The number of aromatic nitrogens is 1. The summed E-state index contributed by atoms with van der Waals surface area (Å²) in [4.78, 5) is 15.6. The molecule has 0 fully saturated rings. The molecular formula is C13H13Cl3N2O2S2. The summed E-state index contributed by atoms with van der Waals surface area (Å²) in [6.07, 6.45) is -0.981. The second-order valence-electron chi connectivity index (χ2n) is 4.29. The molecule has 120 valence electrons. The fourth-order valence-electron chi connectivity index (χ4n) is 1.61. The number of ether oxygens (including phenoxy) is 1. The van der Waals surface area contributed by atoms with E-state index < -0.39 is 10.0 Å². The van der Waals surface area contributed by atoms with Crippen LogP contribution in [0.25, 0.3) is 10.2 Å². The fourth-order valence-corrected chi connectivity index (χ4v) is 3.93. The molecule has 1 atom stereocenters. The fraction of sp³-hybridized carbons (Fsp3) is 0.385. The van der Waals surface area contributed by atoms with E-state index in [4.69, 9.17) is 39.5 Å². The monoisotopic (exact) mass is 398 g/mol. The number of thioether (sulfide) groups is 1. The van der Waals surface area contributed by atoms with E-state index >= 15 is 0 Å². The number of fused-ring (bicyclic) bond motifs is 1. The Labute approximate surface area is 151 Å². The van der Waals surface area contributed by atoms with E-state index in [1.165, 1.54) is 6.92 Å². The molecule has 22 heavy (non-hydrogen) atoms. The first-order chi connectivity index (χ1) is 10.4. The summed E-state index contributed by atoms with van der Waals surface area (Å²) < 4.78 is 5.82. The first kappa shape index (κ1) is 18.1. The van der Waals surface area contributed by atoms with Gasteiger partial charge in [-0.1, -0.05) is 58.7 Å². The largest absolute Gasteiger partial charge is 0.353 e. The van der Waals surface area contributed by atoms with E-state index in [0.717, 1.165) is 14.6 Å². The molecule has 0 aliphatic rings. The Balaban J connectivity index is 1.83. The summed E-state index contributed by atoms with van der Waals surface area (Å²) in [7, 11) is 0. The molecule has 4 nitrogen and oxygen atoms in total. The summed E-state index contributed by atoms with van der Waals surface area (Å²) in [5.41, 5.74) is 0.980. The van der Waals surface area contributed by atoms with E-state index in [0.29, 0.717) is 12.4 Å². The first-order valence-electron chi connectivity index (χ1n) is 6.30. The Kier molecular flexibility index (Phi) is 6.61. The van der Waals surface area contributed by atoms with Crippen LogP contribution in [-0.4, -0.2) is 33.3 Å². The lowest BCUT2D eigenvalue weighted by Crippen LogP contribution is -2.45. The molecule has 0 aliphatic carbocycles. The molecular weight excluding hydrogens is 387 g/mol. The van der Waals surface area contributed by atoms with E-state index in [2.05, 4.69) is 10.3 Å². The number of rotatable bonds is 6. The Morgan fingerprint density at radius 3 is 2.82 bits per heavy atom. The van der Waals surface area contributed by atoms with Crippen molar-refractivity contribution >= 4 is 74.0 Å². The van der Waals surface area contributed by atoms with E-state index in [9.17, 15) is 4.79 Å². The number of alkyl halides is 3. The zero-order valence-electron chi connectivity index (χ0n) is 11.5. The van der Waals surface area contributed by atoms with Gasteiger partial charge >= 0.3 is 0 Å². The van der Waals surface area contributed by atoms with Crippen molar-refractivity contribution in [2.75, 3.05) is 12.4 Å². The summed E-state index contributed by atoms with van der Waals surface area (Å²) in [6, 6.07) is 7.95. The van der Waals surface area contributed by atoms with Crippen LogP contribution in [0.1, 0.15) is 6.92 Å². The van der Waals surface area contributed by atoms with Crippen LogP contribution >= 0.6 is 57.9 Å². The van der Waals surface area contributed by atoms with Gasteiger partial charge < -0.3 is 10.1 Å². The van der Waals surface area contributed by atoms with Crippen LogP contribution in [0.4, 0.5) is 0 Å². The number of hydrogen-bond acceptors (Lipinski definition) is 5. The van der Waals surface area contributed by atoms with Crippen molar-refractivity contribution in [1.82, 2.24) is 10.3 Å². The van der Waals surface area contributed by atoms with Crippen LogP contribution in [0.5, 0.6) is 0 Å². The quantitative estimate of drug-likeness (QED) is 0.342. The summed E-state index contributed by atoms with van der Waals surface area (Å²) in [6.45, 7) is 1.65. The summed E-state index contributed by atoms with van der Waals surface area (Å²) >= 11 is 20.5. The highest BCUT2D eigenvalue weighted by Crippen LogP contribution is 2.32. The van der Waals surface area contributed by atoms with Crippen molar-refractivity contribution in [1.29, 1.82) is 0 Å². The predicted octanol–water partition coefficient (Wildman–Crippen LogP) is 4.24. The average molecular weight is 400 g/mol. The van der Waals surface area contributed by atoms with Crippen molar-refractivity contribution in [2.24, 2.45) is 0 Å². The average Bonchev–Trinajstić information content (AvgIpc) is 2.83. The maximum absolute atomic E-state index is 11.1. The molecule has 0 aliphatic heterocycles. The molecule has 0 unspecified atom stereocenters. The third-order valence-electron chi connectivity index (χ3n) is 2.50. The van der Waals surface area contributed by atoms with E-state index in [1.54, 1.807) is 23.1 Å². The second kappa shape index (κ2) is 8.04. The number of amides is 1. The van der Waals surface area contributed by atoms with Gasteiger partial charge in [0.2, 0.25) is 9.70 Å². The molecule has 0 bridgehead atoms. The van der Waals surface area contributed by atoms with Crippen molar-refractivity contribution in [3.8, 4) is 0 Å². The third-order valence-corrected chi connectivity index (χ3v) is 5.24. The van der Waals surface area contributed by atoms with Crippen molar-refractivity contribution in [3.05, 3.63) is 24.3 Å². The number of thiazole rings is 1. The van der Waals surface area contributed by atoms with Crippen LogP contribution in [0, 0.1) is 0 Å². The van der Waals surface area contributed by atoms with Crippen molar-refractivity contribution in [2.45, 2.75) is 21.3 Å². The molecule has 1 N–H and O–H groups in total. The van der Waals surface area contributed by atoms with Gasteiger partial charge in [-0.2, -0.15) is 0 Å².